The number of ketones is 1. The molecular formula is C16H23NO3. The van der Waals surface area contributed by atoms with Crippen LogP contribution >= 0.6 is 0 Å². The number of fused-ring (bicyclic) bond motifs is 1. The number of Topliss-reactive ketones (excluding diaryl/α,β-unsaturated/α-hetero) is 1. The maximum Gasteiger partial charge on any atom is 0.210 e. The van der Waals surface area contributed by atoms with Crippen LogP contribution in [0.2, 0.25) is 0 Å². The lowest BCUT2D eigenvalue weighted by molar-refractivity contribution is -0.0195. The molecule has 20 heavy (non-hydrogen) atoms. The summed E-state index contributed by atoms with van der Waals surface area (Å²) in [6, 6.07) is 5.58. The van der Waals surface area contributed by atoms with Gasteiger partial charge in [0.1, 0.15) is 5.75 Å². The predicted octanol–water partition coefficient (Wildman–Crippen LogP) is 2.29. The lowest BCUT2D eigenvalue weighted by atomic mass is 9.90. The summed E-state index contributed by atoms with van der Waals surface area (Å²) in [6.45, 7) is 6.39. The van der Waals surface area contributed by atoms with Crippen LogP contribution in [0.3, 0.4) is 0 Å². The van der Waals surface area contributed by atoms with Gasteiger partial charge in [-0.2, -0.15) is 0 Å². The van der Waals surface area contributed by atoms with Crippen molar-refractivity contribution in [2.24, 2.45) is 0 Å². The Morgan fingerprint density at radius 2 is 2.10 bits per heavy atom. The van der Waals surface area contributed by atoms with E-state index in [4.69, 9.17) is 4.74 Å². The van der Waals surface area contributed by atoms with Crippen LogP contribution in [-0.2, 0) is 6.42 Å². The van der Waals surface area contributed by atoms with Gasteiger partial charge in [-0.05, 0) is 45.2 Å². The van der Waals surface area contributed by atoms with E-state index in [1.807, 2.05) is 32.9 Å². The zero-order chi connectivity index (χ0) is 14.8. The SMILES string of the molecule is CC(C)(C)NCC(O)Oc1cccc2c1C(=O)CCC2. The zero-order valence-corrected chi connectivity index (χ0v) is 12.4. The Labute approximate surface area is 120 Å². The number of rotatable bonds is 4. The number of benzene rings is 1. The number of aliphatic hydroxyl groups excluding tert-OH is 1. The zero-order valence-electron chi connectivity index (χ0n) is 12.4. The normalized spacial score (nSPS) is 16.7. The molecule has 0 saturated heterocycles. The van der Waals surface area contributed by atoms with Crippen molar-refractivity contribution in [2.75, 3.05) is 6.54 Å². The highest BCUT2D eigenvalue weighted by Crippen LogP contribution is 2.29. The van der Waals surface area contributed by atoms with Gasteiger partial charge < -0.3 is 15.2 Å². The third kappa shape index (κ3) is 3.81. The van der Waals surface area contributed by atoms with Crippen LogP contribution < -0.4 is 10.1 Å². The minimum Gasteiger partial charge on any atom is -0.463 e. The molecule has 4 heteroatoms. The first kappa shape index (κ1) is 15.0. The second-order valence-corrected chi connectivity index (χ2v) is 6.27. The molecule has 0 fully saturated rings. The highest BCUT2D eigenvalue weighted by atomic mass is 16.6. The van der Waals surface area contributed by atoms with Crippen LogP contribution in [0.25, 0.3) is 0 Å². The Hall–Kier alpha value is -1.39. The van der Waals surface area contributed by atoms with Crippen molar-refractivity contribution in [1.29, 1.82) is 0 Å². The Balaban J connectivity index is 2.08. The second kappa shape index (κ2) is 5.94. The van der Waals surface area contributed by atoms with Gasteiger partial charge in [0.2, 0.25) is 6.29 Å². The highest BCUT2D eigenvalue weighted by Gasteiger charge is 2.23. The third-order valence-electron chi connectivity index (χ3n) is 3.31. The lowest BCUT2D eigenvalue weighted by Gasteiger charge is -2.24. The van der Waals surface area contributed by atoms with Crippen molar-refractivity contribution >= 4 is 5.78 Å². The van der Waals surface area contributed by atoms with E-state index in [1.54, 1.807) is 6.07 Å². The van der Waals surface area contributed by atoms with Crippen LogP contribution in [-0.4, -0.2) is 29.3 Å². The quantitative estimate of drug-likeness (QED) is 0.829. The average molecular weight is 277 g/mol. The molecule has 0 heterocycles. The molecule has 1 aliphatic rings. The number of hydrogen-bond acceptors (Lipinski definition) is 4. The molecular weight excluding hydrogens is 254 g/mol. The molecule has 0 aliphatic heterocycles. The fourth-order valence-electron chi connectivity index (χ4n) is 2.35. The molecule has 0 saturated carbocycles. The number of β-amino-alcohol motifs (C(OH)–C–C–N with tert-alkyl or cyclic N) is 1. The molecule has 0 bridgehead atoms. The van der Waals surface area contributed by atoms with Crippen molar-refractivity contribution in [1.82, 2.24) is 5.32 Å². The number of ether oxygens (including phenoxy) is 1. The van der Waals surface area contributed by atoms with Gasteiger partial charge in [0.25, 0.3) is 0 Å². The largest absolute Gasteiger partial charge is 0.463 e. The molecule has 0 amide bonds. The predicted molar refractivity (Wildman–Crippen MR) is 78.1 cm³/mol. The fourth-order valence-corrected chi connectivity index (χ4v) is 2.35. The maximum absolute atomic E-state index is 12.0. The summed E-state index contributed by atoms with van der Waals surface area (Å²) in [6.07, 6.45) is 1.39. The van der Waals surface area contributed by atoms with E-state index in [0.717, 1.165) is 18.4 Å². The number of carbonyl (C=O) groups excluding carboxylic acids is 1. The summed E-state index contributed by atoms with van der Waals surface area (Å²) >= 11 is 0. The number of aliphatic hydroxyl groups is 1. The van der Waals surface area contributed by atoms with Gasteiger partial charge in [0, 0.05) is 12.0 Å². The van der Waals surface area contributed by atoms with Gasteiger partial charge >= 0.3 is 0 Å². The molecule has 2 N–H and O–H groups in total. The Morgan fingerprint density at radius 3 is 2.80 bits per heavy atom. The number of aryl methyl sites for hydroxylation is 1. The summed E-state index contributed by atoms with van der Waals surface area (Å²) in [4.78, 5) is 12.0. The molecule has 4 nitrogen and oxygen atoms in total. The van der Waals surface area contributed by atoms with E-state index in [0.29, 0.717) is 24.3 Å². The van der Waals surface area contributed by atoms with E-state index >= 15 is 0 Å². The molecule has 1 unspecified atom stereocenters. The van der Waals surface area contributed by atoms with E-state index < -0.39 is 6.29 Å². The topological polar surface area (TPSA) is 58.6 Å². The first-order valence-electron chi connectivity index (χ1n) is 7.12. The van der Waals surface area contributed by atoms with Gasteiger partial charge in [-0.1, -0.05) is 12.1 Å². The molecule has 0 spiro atoms. The van der Waals surface area contributed by atoms with Crippen LogP contribution in [0.1, 0.15) is 49.5 Å². The molecule has 1 aromatic carbocycles. The minimum absolute atomic E-state index is 0.0870. The van der Waals surface area contributed by atoms with E-state index in [-0.39, 0.29) is 11.3 Å². The first-order valence-corrected chi connectivity index (χ1v) is 7.12. The van der Waals surface area contributed by atoms with Gasteiger partial charge in [-0.15, -0.1) is 0 Å². The number of hydrogen-bond donors (Lipinski definition) is 2. The minimum atomic E-state index is -0.963. The molecule has 1 aliphatic carbocycles. The molecule has 2 rings (SSSR count). The smallest absolute Gasteiger partial charge is 0.210 e. The molecule has 1 aromatic rings. The van der Waals surface area contributed by atoms with Crippen LogP contribution in [0.5, 0.6) is 5.75 Å². The number of nitrogens with one attached hydrogen (secondary N) is 1. The average Bonchev–Trinajstić information content (AvgIpc) is 2.36. The standard InChI is InChI=1S/C16H23NO3/c1-16(2,3)17-10-14(19)20-13-9-5-7-11-6-4-8-12(18)15(11)13/h5,7,9,14,17,19H,4,6,8,10H2,1-3H3. The summed E-state index contributed by atoms with van der Waals surface area (Å²) in [5.74, 6) is 0.605. The van der Waals surface area contributed by atoms with Gasteiger partial charge in [0.05, 0.1) is 12.1 Å². The van der Waals surface area contributed by atoms with Crippen molar-refractivity contribution < 1.29 is 14.6 Å². The van der Waals surface area contributed by atoms with E-state index in [1.165, 1.54) is 0 Å². The summed E-state index contributed by atoms with van der Waals surface area (Å²) in [5, 5.41) is 13.1. The van der Waals surface area contributed by atoms with Crippen LogP contribution in [0.4, 0.5) is 0 Å². The second-order valence-electron chi connectivity index (χ2n) is 6.27. The summed E-state index contributed by atoms with van der Waals surface area (Å²) in [5.41, 5.74) is 1.58. The van der Waals surface area contributed by atoms with Crippen molar-refractivity contribution in [3.8, 4) is 5.75 Å². The number of carbonyl (C=O) groups is 1. The molecule has 1 atom stereocenters. The molecule has 0 radical (unpaired) electrons. The van der Waals surface area contributed by atoms with Crippen molar-refractivity contribution in [3.63, 3.8) is 0 Å². The Morgan fingerprint density at radius 1 is 1.35 bits per heavy atom. The summed E-state index contributed by atoms with van der Waals surface area (Å²) < 4.78 is 5.55. The Kier molecular flexibility index (Phi) is 4.45. The van der Waals surface area contributed by atoms with Gasteiger partial charge in [-0.3, -0.25) is 4.79 Å². The van der Waals surface area contributed by atoms with Crippen LogP contribution in [0.15, 0.2) is 18.2 Å². The van der Waals surface area contributed by atoms with Crippen molar-refractivity contribution in [3.05, 3.63) is 29.3 Å². The fraction of sp³-hybridized carbons (Fsp3) is 0.562. The van der Waals surface area contributed by atoms with E-state index in [2.05, 4.69) is 5.32 Å². The maximum atomic E-state index is 12.0. The van der Waals surface area contributed by atoms with E-state index in [9.17, 15) is 9.90 Å². The highest BCUT2D eigenvalue weighted by molar-refractivity contribution is 6.01. The van der Waals surface area contributed by atoms with Gasteiger partial charge in [0.15, 0.2) is 5.78 Å². The summed E-state index contributed by atoms with van der Waals surface area (Å²) in [7, 11) is 0. The molecule has 0 aromatic heterocycles. The first-order chi connectivity index (χ1) is 9.37. The van der Waals surface area contributed by atoms with Crippen LogP contribution in [0, 0.1) is 0 Å². The monoisotopic (exact) mass is 277 g/mol. The lowest BCUT2D eigenvalue weighted by Crippen LogP contribution is -2.42. The van der Waals surface area contributed by atoms with Crippen molar-refractivity contribution in [2.45, 2.75) is 51.9 Å². The Bertz CT molecular complexity index is 491. The molecule has 110 valence electrons. The van der Waals surface area contributed by atoms with Gasteiger partial charge in [-0.25, -0.2) is 0 Å². The third-order valence-corrected chi connectivity index (χ3v) is 3.31.